The molecule has 1 N–H and O–H groups in total. The molecule has 1 unspecified atom stereocenters. The van der Waals surface area contributed by atoms with E-state index >= 15 is 0 Å². The first kappa shape index (κ1) is 12.7. The standard InChI is InChI=1S/C15H16FNO/c1-15(18,10-12-5-7-17-8-6-12)11-13-3-2-4-14(16)9-13/h2-9,18H,10-11H2,1H3. The van der Waals surface area contributed by atoms with Crippen molar-refractivity contribution in [3.05, 3.63) is 65.7 Å². The molecule has 94 valence electrons. The summed E-state index contributed by atoms with van der Waals surface area (Å²) in [6, 6.07) is 10.1. The van der Waals surface area contributed by atoms with Crippen LogP contribution in [0.3, 0.4) is 0 Å². The van der Waals surface area contributed by atoms with Gasteiger partial charge in [-0.2, -0.15) is 0 Å². The number of aromatic nitrogens is 1. The molecule has 2 nitrogen and oxygen atoms in total. The third kappa shape index (κ3) is 3.64. The van der Waals surface area contributed by atoms with Gasteiger partial charge in [0.05, 0.1) is 5.60 Å². The van der Waals surface area contributed by atoms with E-state index in [4.69, 9.17) is 0 Å². The molecule has 0 aliphatic rings. The molecule has 1 atom stereocenters. The molecule has 2 rings (SSSR count). The molecule has 2 aromatic rings. The van der Waals surface area contributed by atoms with Crippen molar-refractivity contribution in [2.75, 3.05) is 0 Å². The van der Waals surface area contributed by atoms with Gasteiger partial charge in [0.25, 0.3) is 0 Å². The molecule has 0 aliphatic carbocycles. The lowest BCUT2D eigenvalue weighted by atomic mass is 9.90. The number of aliphatic hydroxyl groups is 1. The van der Waals surface area contributed by atoms with Crippen LogP contribution in [-0.2, 0) is 12.8 Å². The summed E-state index contributed by atoms with van der Waals surface area (Å²) in [7, 11) is 0. The van der Waals surface area contributed by atoms with Crippen molar-refractivity contribution in [1.82, 2.24) is 4.98 Å². The molecule has 1 heterocycles. The quantitative estimate of drug-likeness (QED) is 0.898. The first-order valence-electron chi connectivity index (χ1n) is 5.91. The Hall–Kier alpha value is -1.74. The zero-order valence-electron chi connectivity index (χ0n) is 10.3. The summed E-state index contributed by atoms with van der Waals surface area (Å²) in [6.07, 6.45) is 4.35. The minimum atomic E-state index is -0.894. The molecule has 1 aromatic heterocycles. The Bertz CT molecular complexity index is 511. The second kappa shape index (κ2) is 5.27. The van der Waals surface area contributed by atoms with Crippen molar-refractivity contribution < 1.29 is 9.50 Å². The van der Waals surface area contributed by atoms with Gasteiger partial charge in [0.15, 0.2) is 0 Å². The number of pyridine rings is 1. The van der Waals surface area contributed by atoms with E-state index in [-0.39, 0.29) is 5.82 Å². The van der Waals surface area contributed by atoms with Crippen molar-refractivity contribution in [2.45, 2.75) is 25.4 Å². The van der Waals surface area contributed by atoms with Crippen LogP contribution in [0.15, 0.2) is 48.8 Å². The monoisotopic (exact) mass is 245 g/mol. The number of benzene rings is 1. The maximum Gasteiger partial charge on any atom is 0.123 e. The van der Waals surface area contributed by atoms with E-state index in [1.165, 1.54) is 12.1 Å². The fourth-order valence-corrected chi connectivity index (χ4v) is 2.09. The minimum Gasteiger partial charge on any atom is -0.389 e. The molecular weight excluding hydrogens is 229 g/mol. The summed E-state index contributed by atoms with van der Waals surface area (Å²) >= 11 is 0. The van der Waals surface area contributed by atoms with Crippen LogP contribution in [0, 0.1) is 5.82 Å². The van der Waals surface area contributed by atoms with Crippen LogP contribution >= 0.6 is 0 Å². The van der Waals surface area contributed by atoms with Crippen molar-refractivity contribution in [3.63, 3.8) is 0 Å². The molecule has 18 heavy (non-hydrogen) atoms. The normalized spacial score (nSPS) is 14.2. The second-order valence-electron chi connectivity index (χ2n) is 4.84. The van der Waals surface area contributed by atoms with E-state index in [0.717, 1.165) is 11.1 Å². The summed E-state index contributed by atoms with van der Waals surface area (Å²) in [4.78, 5) is 3.94. The Morgan fingerprint density at radius 1 is 1.11 bits per heavy atom. The molecule has 0 saturated carbocycles. The molecule has 0 saturated heterocycles. The van der Waals surface area contributed by atoms with Crippen LogP contribution in [0.25, 0.3) is 0 Å². The molecule has 0 radical (unpaired) electrons. The predicted octanol–water partition coefficient (Wildman–Crippen LogP) is 2.76. The van der Waals surface area contributed by atoms with Crippen LogP contribution in [0.5, 0.6) is 0 Å². The van der Waals surface area contributed by atoms with Gasteiger partial charge in [0, 0.05) is 25.2 Å². The average molecular weight is 245 g/mol. The highest BCUT2D eigenvalue weighted by Crippen LogP contribution is 2.19. The van der Waals surface area contributed by atoms with E-state index in [1.54, 1.807) is 25.4 Å². The Morgan fingerprint density at radius 3 is 2.44 bits per heavy atom. The summed E-state index contributed by atoms with van der Waals surface area (Å²) < 4.78 is 13.1. The van der Waals surface area contributed by atoms with E-state index in [9.17, 15) is 9.50 Å². The van der Waals surface area contributed by atoms with Gasteiger partial charge in [-0.1, -0.05) is 12.1 Å². The first-order chi connectivity index (χ1) is 8.55. The summed E-state index contributed by atoms with van der Waals surface area (Å²) in [5.74, 6) is -0.271. The second-order valence-corrected chi connectivity index (χ2v) is 4.84. The van der Waals surface area contributed by atoms with E-state index in [0.29, 0.717) is 12.8 Å². The highest BCUT2D eigenvalue weighted by Gasteiger charge is 2.21. The number of rotatable bonds is 4. The fraction of sp³-hybridized carbons (Fsp3) is 0.267. The lowest BCUT2D eigenvalue weighted by molar-refractivity contribution is 0.0607. The molecule has 3 heteroatoms. The topological polar surface area (TPSA) is 33.1 Å². The van der Waals surface area contributed by atoms with Crippen LogP contribution < -0.4 is 0 Å². The Balaban J connectivity index is 2.07. The van der Waals surface area contributed by atoms with Gasteiger partial charge in [0.1, 0.15) is 5.82 Å². The summed E-state index contributed by atoms with van der Waals surface area (Å²) in [5, 5.41) is 10.4. The average Bonchev–Trinajstić information content (AvgIpc) is 2.28. The predicted molar refractivity (Wildman–Crippen MR) is 68.7 cm³/mol. The van der Waals surface area contributed by atoms with Gasteiger partial charge >= 0.3 is 0 Å². The summed E-state index contributed by atoms with van der Waals surface area (Å²) in [5.41, 5.74) is 0.926. The SMILES string of the molecule is CC(O)(Cc1ccncc1)Cc1cccc(F)c1. The van der Waals surface area contributed by atoms with Crippen LogP contribution in [0.1, 0.15) is 18.1 Å². The molecular formula is C15H16FNO. The molecule has 0 fully saturated rings. The van der Waals surface area contributed by atoms with Gasteiger partial charge in [-0.05, 0) is 42.3 Å². The lowest BCUT2D eigenvalue weighted by Gasteiger charge is -2.23. The van der Waals surface area contributed by atoms with E-state index in [1.807, 2.05) is 18.2 Å². The number of hydrogen-bond acceptors (Lipinski definition) is 2. The van der Waals surface area contributed by atoms with Crippen molar-refractivity contribution in [2.24, 2.45) is 0 Å². The molecule has 1 aromatic carbocycles. The van der Waals surface area contributed by atoms with Gasteiger partial charge in [-0.25, -0.2) is 4.39 Å². The first-order valence-corrected chi connectivity index (χ1v) is 5.91. The van der Waals surface area contributed by atoms with Gasteiger partial charge in [-0.15, -0.1) is 0 Å². The Labute approximate surface area is 106 Å². The molecule has 0 bridgehead atoms. The number of halogens is 1. The molecule has 0 amide bonds. The van der Waals surface area contributed by atoms with Crippen molar-refractivity contribution in [1.29, 1.82) is 0 Å². The smallest absolute Gasteiger partial charge is 0.123 e. The maximum atomic E-state index is 13.1. The highest BCUT2D eigenvalue weighted by molar-refractivity contribution is 5.20. The highest BCUT2D eigenvalue weighted by atomic mass is 19.1. The zero-order chi connectivity index (χ0) is 13.0. The Morgan fingerprint density at radius 2 is 1.78 bits per heavy atom. The maximum absolute atomic E-state index is 13.1. The number of hydrogen-bond donors (Lipinski definition) is 1. The Kier molecular flexibility index (Phi) is 3.72. The van der Waals surface area contributed by atoms with Crippen LogP contribution in [0.2, 0.25) is 0 Å². The van der Waals surface area contributed by atoms with Crippen molar-refractivity contribution in [3.8, 4) is 0 Å². The fourth-order valence-electron chi connectivity index (χ4n) is 2.09. The minimum absolute atomic E-state index is 0.271. The number of nitrogens with zero attached hydrogens (tertiary/aromatic N) is 1. The third-order valence-corrected chi connectivity index (χ3v) is 2.81. The lowest BCUT2D eigenvalue weighted by Crippen LogP contribution is -2.30. The van der Waals surface area contributed by atoms with Gasteiger partial charge < -0.3 is 5.11 Å². The molecule has 0 aliphatic heterocycles. The summed E-state index contributed by atoms with van der Waals surface area (Å²) in [6.45, 7) is 1.76. The van der Waals surface area contributed by atoms with Gasteiger partial charge in [-0.3, -0.25) is 4.98 Å². The molecule has 0 spiro atoms. The zero-order valence-corrected chi connectivity index (χ0v) is 10.3. The largest absolute Gasteiger partial charge is 0.389 e. The van der Waals surface area contributed by atoms with Gasteiger partial charge in [0.2, 0.25) is 0 Å². The van der Waals surface area contributed by atoms with Crippen molar-refractivity contribution >= 4 is 0 Å². The van der Waals surface area contributed by atoms with Crippen LogP contribution in [-0.4, -0.2) is 15.7 Å². The van der Waals surface area contributed by atoms with E-state index in [2.05, 4.69) is 4.98 Å². The van der Waals surface area contributed by atoms with E-state index < -0.39 is 5.60 Å². The third-order valence-electron chi connectivity index (χ3n) is 2.81. The van der Waals surface area contributed by atoms with Crippen LogP contribution in [0.4, 0.5) is 4.39 Å².